The molecule has 2 aromatic rings. The number of benzene rings is 2. The highest BCUT2D eigenvalue weighted by atomic mass is 35.5. The van der Waals surface area contributed by atoms with E-state index in [4.69, 9.17) is 11.6 Å². The van der Waals surface area contributed by atoms with E-state index in [-0.39, 0.29) is 18.8 Å². The third-order valence-electron chi connectivity index (χ3n) is 3.91. The maximum Gasteiger partial charge on any atom is 0.306 e. The molecule has 0 N–H and O–H groups in total. The van der Waals surface area contributed by atoms with E-state index in [1.807, 2.05) is 4.90 Å². The molecule has 26 heavy (non-hydrogen) atoms. The number of nitrogens with zero attached hydrogens (tertiary/aromatic N) is 1. The van der Waals surface area contributed by atoms with Crippen LogP contribution in [0.25, 0.3) is 0 Å². The van der Waals surface area contributed by atoms with Crippen LogP contribution < -0.4 is 0 Å². The third-order valence-corrected chi connectivity index (χ3v) is 3.91. The average molecular weight is 383 g/mol. The zero-order chi connectivity index (χ0) is 24.4. The summed E-state index contributed by atoms with van der Waals surface area (Å²) in [5.41, 5.74) is -2.16. The lowest BCUT2D eigenvalue weighted by molar-refractivity contribution is -0.168. The van der Waals surface area contributed by atoms with Crippen molar-refractivity contribution in [3.05, 3.63) is 71.7 Å². The van der Waals surface area contributed by atoms with Gasteiger partial charge in [-0.3, -0.25) is 4.79 Å². The molecule has 0 aliphatic rings. The predicted octanol–water partition coefficient (Wildman–Crippen LogP) is 4.70. The fraction of sp³-hybridized carbons (Fsp3) is 0.409. The molecule has 2 atom stereocenters. The number of esters is 1. The van der Waals surface area contributed by atoms with Crippen LogP contribution in [0.1, 0.15) is 41.0 Å². The first-order valence-electron chi connectivity index (χ1n) is 11.8. The number of ether oxygens (including phenoxy) is 1. The van der Waals surface area contributed by atoms with Gasteiger partial charge in [0.2, 0.25) is 0 Å². The molecule has 0 saturated heterocycles. The number of carbonyl (C=O) groups excluding carboxylic acids is 1. The first-order chi connectivity index (χ1) is 14.8. The van der Waals surface area contributed by atoms with Crippen molar-refractivity contribution < 1.29 is 19.1 Å². The van der Waals surface area contributed by atoms with Crippen LogP contribution in [0, 0.1) is 5.92 Å². The van der Waals surface area contributed by atoms with E-state index in [2.05, 4.69) is 0 Å². The van der Waals surface area contributed by atoms with Gasteiger partial charge in [-0.15, -0.1) is 12.4 Å². The largest absolute Gasteiger partial charge is 0.453 e. The summed E-state index contributed by atoms with van der Waals surface area (Å²) in [5.74, 6) is -1.31. The van der Waals surface area contributed by atoms with Gasteiger partial charge in [0.25, 0.3) is 0 Å². The normalized spacial score (nSPS) is 18.6. The van der Waals surface area contributed by atoms with E-state index in [9.17, 15) is 7.54 Å². The van der Waals surface area contributed by atoms with E-state index in [1.54, 1.807) is 58.3 Å². The lowest BCUT2D eigenvalue weighted by atomic mass is 9.77. The molecule has 3 nitrogen and oxygen atoms in total. The van der Waals surface area contributed by atoms with Gasteiger partial charge in [-0.05, 0) is 25.2 Å². The molecule has 0 aliphatic carbocycles. The first-order valence-corrected chi connectivity index (χ1v) is 8.32. The van der Waals surface area contributed by atoms with Gasteiger partial charge in [0.1, 0.15) is 5.60 Å². The Labute approximate surface area is 173 Å². The molecule has 4 heteroatoms. The molecule has 142 valence electrons. The van der Waals surface area contributed by atoms with Gasteiger partial charge in [-0.25, -0.2) is 0 Å². The number of hydrogen-bond acceptors (Lipinski definition) is 3. The van der Waals surface area contributed by atoms with E-state index >= 15 is 0 Å². The van der Waals surface area contributed by atoms with Crippen molar-refractivity contribution >= 4 is 18.4 Å². The second-order valence-corrected chi connectivity index (χ2v) is 6.22. The van der Waals surface area contributed by atoms with Crippen LogP contribution in [0.3, 0.4) is 0 Å². The standard InChI is InChI=1S/C22H29NO2.ClH/c1-5-21(24)25-22(18(2)17-23(3)4,20-14-10-7-11-15-20)16-19-12-8-6-9-13-19;/h6-15,18H,5,16-17H2,1-4H3;1H/i6D,8D,9D,12D,13D,16D2;. The van der Waals surface area contributed by atoms with Crippen LogP contribution >= 0.6 is 12.4 Å². The number of carbonyl (C=O) groups is 1. The Morgan fingerprint density at radius 2 is 1.85 bits per heavy atom. The lowest BCUT2D eigenvalue weighted by Crippen LogP contribution is -2.44. The Bertz CT molecular complexity index is 959. The van der Waals surface area contributed by atoms with Crippen molar-refractivity contribution in [1.82, 2.24) is 4.90 Å². The van der Waals surface area contributed by atoms with Gasteiger partial charge >= 0.3 is 5.97 Å². The molecule has 0 bridgehead atoms. The fourth-order valence-corrected chi connectivity index (χ4v) is 2.78. The SMILES string of the molecule is Cl.[2H]c1c([2H])c([2H])c(C([2H])([2H])C(OC(=O)CC)(c2ccccc2)C(C)CN(C)C)c([2H])c1[2H]. The molecule has 0 aliphatic heterocycles. The minimum absolute atomic E-state index is 0. The molecule has 0 amide bonds. The first kappa shape index (κ1) is 13.3. The van der Waals surface area contributed by atoms with E-state index in [0.717, 1.165) is 0 Å². The average Bonchev–Trinajstić information content (AvgIpc) is 2.74. The van der Waals surface area contributed by atoms with Crippen LogP contribution in [-0.4, -0.2) is 31.5 Å². The van der Waals surface area contributed by atoms with Gasteiger partial charge in [0.05, 0.1) is 6.85 Å². The van der Waals surface area contributed by atoms with Gasteiger partial charge in [-0.1, -0.05) is 74.4 Å². The Kier molecular flexibility index (Phi) is 5.31. The second kappa shape index (κ2) is 10.3. The smallest absolute Gasteiger partial charge is 0.306 e. The topological polar surface area (TPSA) is 29.5 Å². The molecule has 2 aromatic carbocycles. The van der Waals surface area contributed by atoms with E-state index in [1.165, 1.54) is 0 Å². The summed E-state index contributed by atoms with van der Waals surface area (Å²) in [4.78, 5) is 14.4. The van der Waals surface area contributed by atoms with Crippen molar-refractivity contribution in [2.75, 3.05) is 20.6 Å². The molecule has 0 radical (unpaired) electrons. The van der Waals surface area contributed by atoms with Crippen LogP contribution in [-0.2, 0) is 21.5 Å². The molecular formula is C22H30ClNO2. The van der Waals surface area contributed by atoms with Crippen LogP contribution in [0.2, 0.25) is 0 Å². The monoisotopic (exact) mass is 382 g/mol. The number of rotatable bonds is 8. The molecule has 0 fully saturated rings. The highest BCUT2D eigenvalue weighted by Crippen LogP contribution is 2.38. The second-order valence-electron chi connectivity index (χ2n) is 6.22. The molecule has 2 unspecified atom stereocenters. The Hall–Kier alpha value is -1.84. The molecule has 0 spiro atoms. The van der Waals surface area contributed by atoms with Crippen molar-refractivity contribution in [3.8, 4) is 0 Å². The Morgan fingerprint density at radius 1 is 1.23 bits per heavy atom. The zero-order valence-corrected chi connectivity index (χ0v) is 16.4. The Morgan fingerprint density at radius 3 is 2.38 bits per heavy atom. The summed E-state index contributed by atoms with van der Waals surface area (Å²) in [5, 5.41) is 0. The summed E-state index contributed by atoms with van der Waals surface area (Å²) >= 11 is 0. The number of hydrogen-bond donors (Lipinski definition) is 0. The molecule has 0 saturated carbocycles. The molecule has 0 heterocycles. The van der Waals surface area contributed by atoms with Gasteiger partial charge in [0, 0.05) is 28.0 Å². The Balaban J connectivity index is 0.00000544. The molecule has 2 rings (SSSR count). The van der Waals surface area contributed by atoms with Crippen molar-refractivity contribution in [2.24, 2.45) is 5.92 Å². The summed E-state index contributed by atoms with van der Waals surface area (Å²) in [6.45, 7) is 3.63. The predicted molar refractivity (Wildman–Crippen MR) is 110 cm³/mol. The zero-order valence-electron chi connectivity index (χ0n) is 22.6. The van der Waals surface area contributed by atoms with Crippen LogP contribution in [0.4, 0.5) is 0 Å². The summed E-state index contributed by atoms with van der Waals surface area (Å²) in [7, 11) is 3.60. The maximum absolute atomic E-state index is 12.6. The fourth-order valence-electron chi connectivity index (χ4n) is 2.78. The highest BCUT2D eigenvalue weighted by molar-refractivity contribution is 5.85. The quantitative estimate of drug-likeness (QED) is 0.620. The van der Waals surface area contributed by atoms with Crippen molar-refractivity contribution in [3.63, 3.8) is 0 Å². The van der Waals surface area contributed by atoms with Gasteiger partial charge in [-0.2, -0.15) is 0 Å². The number of halogens is 1. The lowest BCUT2D eigenvalue weighted by Gasteiger charge is -2.40. The highest BCUT2D eigenvalue weighted by Gasteiger charge is 2.42. The van der Waals surface area contributed by atoms with E-state index < -0.39 is 59.6 Å². The van der Waals surface area contributed by atoms with Crippen molar-refractivity contribution in [1.29, 1.82) is 0 Å². The third kappa shape index (κ3) is 5.58. The summed E-state index contributed by atoms with van der Waals surface area (Å²) < 4.78 is 65.0. The summed E-state index contributed by atoms with van der Waals surface area (Å²) in [6.07, 6.45) is -2.68. The van der Waals surface area contributed by atoms with E-state index in [0.29, 0.717) is 12.1 Å². The minimum atomic E-state index is -2.66. The van der Waals surface area contributed by atoms with Gasteiger partial charge in [0.15, 0.2) is 0 Å². The van der Waals surface area contributed by atoms with Crippen LogP contribution in [0.5, 0.6) is 0 Å². The van der Waals surface area contributed by atoms with Crippen LogP contribution in [0.15, 0.2) is 60.5 Å². The minimum Gasteiger partial charge on any atom is -0.453 e. The van der Waals surface area contributed by atoms with Gasteiger partial charge < -0.3 is 9.64 Å². The molecule has 0 aromatic heterocycles. The summed E-state index contributed by atoms with van der Waals surface area (Å²) in [6, 6.07) is 5.14. The molecular weight excluding hydrogens is 346 g/mol. The van der Waals surface area contributed by atoms with Crippen molar-refractivity contribution in [2.45, 2.75) is 32.2 Å². The maximum atomic E-state index is 12.6.